The van der Waals surface area contributed by atoms with Crippen LogP contribution in [0.3, 0.4) is 0 Å². The SMILES string of the molecule is Nc1cccc(C(=O)Nc2cc(Cl)ccc2Cl)c1[N+](=O)[O-]. The smallest absolute Gasteiger partial charge is 0.304 e. The molecule has 0 saturated heterocycles. The van der Waals surface area contributed by atoms with E-state index in [0.29, 0.717) is 5.02 Å². The van der Waals surface area contributed by atoms with Crippen molar-refractivity contribution in [3.8, 4) is 0 Å². The summed E-state index contributed by atoms with van der Waals surface area (Å²) in [5, 5.41) is 14.1. The fourth-order valence-electron chi connectivity index (χ4n) is 1.73. The van der Waals surface area contributed by atoms with Crippen molar-refractivity contribution in [2.24, 2.45) is 0 Å². The van der Waals surface area contributed by atoms with Crippen molar-refractivity contribution in [2.75, 3.05) is 11.1 Å². The largest absolute Gasteiger partial charge is 0.393 e. The van der Waals surface area contributed by atoms with Crippen LogP contribution in [0.25, 0.3) is 0 Å². The number of hydrogen-bond donors (Lipinski definition) is 2. The monoisotopic (exact) mass is 325 g/mol. The predicted molar refractivity (Wildman–Crippen MR) is 81.9 cm³/mol. The molecule has 0 heterocycles. The van der Waals surface area contributed by atoms with Gasteiger partial charge in [-0.1, -0.05) is 29.3 Å². The fraction of sp³-hybridized carbons (Fsp3) is 0. The van der Waals surface area contributed by atoms with E-state index in [0.717, 1.165) is 0 Å². The Balaban J connectivity index is 2.40. The summed E-state index contributed by atoms with van der Waals surface area (Å²) in [6.07, 6.45) is 0. The normalized spacial score (nSPS) is 10.2. The Morgan fingerprint density at radius 3 is 2.62 bits per heavy atom. The molecule has 2 aromatic rings. The first-order valence-corrected chi connectivity index (χ1v) is 6.45. The van der Waals surface area contributed by atoms with E-state index >= 15 is 0 Å². The molecule has 0 aliphatic carbocycles. The van der Waals surface area contributed by atoms with Gasteiger partial charge in [0.15, 0.2) is 0 Å². The van der Waals surface area contributed by atoms with E-state index in [9.17, 15) is 14.9 Å². The van der Waals surface area contributed by atoms with Gasteiger partial charge in [0, 0.05) is 5.02 Å². The first kappa shape index (κ1) is 15.1. The second kappa shape index (κ2) is 5.99. The van der Waals surface area contributed by atoms with Crippen molar-refractivity contribution in [3.63, 3.8) is 0 Å². The van der Waals surface area contributed by atoms with Crippen LogP contribution >= 0.6 is 23.2 Å². The number of carbonyl (C=O) groups is 1. The van der Waals surface area contributed by atoms with Crippen LogP contribution in [-0.2, 0) is 0 Å². The van der Waals surface area contributed by atoms with Crippen LogP contribution in [0.5, 0.6) is 0 Å². The standard InChI is InChI=1S/C13H9Cl2N3O3/c14-7-4-5-9(15)11(6-7)17-13(19)8-2-1-3-10(16)12(8)18(20)21/h1-6H,16H2,(H,17,19). The molecule has 0 unspecified atom stereocenters. The number of nitro benzene ring substituents is 1. The summed E-state index contributed by atoms with van der Waals surface area (Å²) in [4.78, 5) is 22.5. The number of amides is 1. The minimum absolute atomic E-state index is 0.0927. The highest BCUT2D eigenvalue weighted by molar-refractivity contribution is 6.36. The van der Waals surface area contributed by atoms with E-state index in [1.807, 2.05) is 0 Å². The molecule has 0 fully saturated rings. The van der Waals surface area contributed by atoms with Gasteiger partial charge >= 0.3 is 5.69 Å². The molecule has 0 radical (unpaired) electrons. The molecule has 1 amide bonds. The number of anilines is 2. The maximum atomic E-state index is 12.2. The number of nitro groups is 1. The Morgan fingerprint density at radius 1 is 1.24 bits per heavy atom. The molecule has 3 N–H and O–H groups in total. The summed E-state index contributed by atoms with van der Waals surface area (Å²) < 4.78 is 0. The zero-order chi connectivity index (χ0) is 15.6. The molecule has 0 saturated carbocycles. The number of hydrogen-bond acceptors (Lipinski definition) is 4. The van der Waals surface area contributed by atoms with Crippen LogP contribution < -0.4 is 11.1 Å². The summed E-state index contributed by atoms with van der Waals surface area (Å²) in [6, 6.07) is 8.62. The van der Waals surface area contributed by atoms with Gasteiger partial charge in [0.1, 0.15) is 11.3 Å². The molecule has 0 aliphatic rings. The molecule has 6 nitrogen and oxygen atoms in total. The summed E-state index contributed by atoms with van der Waals surface area (Å²) in [5.74, 6) is -0.696. The van der Waals surface area contributed by atoms with Crippen molar-refractivity contribution in [2.45, 2.75) is 0 Å². The van der Waals surface area contributed by atoms with Gasteiger partial charge in [-0.15, -0.1) is 0 Å². The molecular weight excluding hydrogens is 317 g/mol. The van der Waals surface area contributed by atoms with E-state index in [-0.39, 0.29) is 22.0 Å². The van der Waals surface area contributed by atoms with Crippen LogP contribution in [0.15, 0.2) is 36.4 Å². The van der Waals surface area contributed by atoms with Gasteiger partial charge in [0.25, 0.3) is 5.91 Å². The average molecular weight is 326 g/mol. The van der Waals surface area contributed by atoms with E-state index in [1.54, 1.807) is 6.07 Å². The fourth-order valence-corrected chi connectivity index (χ4v) is 2.07. The summed E-state index contributed by atoms with van der Waals surface area (Å²) in [6.45, 7) is 0. The average Bonchev–Trinajstić information content (AvgIpc) is 2.42. The molecule has 0 aromatic heterocycles. The van der Waals surface area contributed by atoms with E-state index < -0.39 is 16.5 Å². The number of rotatable bonds is 3. The Morgan fingerprint density at radius 2 is 1.95 bits per heavy atom. The first-order valence-electron chi connectivity index (χ1n) is 5.69. The highest BCUT2D eigenvalue weighted by Crippen LogP contribution is 2.29. The van der Waals surface area contributed by atoms with Crippen molar-refractivity contribution >= 4 is 46.2 Å². The number of halogens is 2. The van der Waals surface area contributed by atoms with E-state index in [2.05, 4.69) is 5.32 Å². The summed E-state index contributed by atoms with van der Waals surface area (Å²) >= 11 is 11.7. The topological polar surface area (TPSA) is 98.3 Å². The number of para-hydroxylation sites is 1. The minimum atomic E-state index is -0.705. The lowest BCUT2D eigenvalue weighted by molar-refractivity contribution is -0.384. The molecule has 21 heavy (non-hydrogen) atoms. The number of benzene rings is 2. The van der Waals surface area contributed by atoms with Crippen LogP contribution in [-0.4, -0.2) is 10.8 Å². The predicted octanol–water partition coefficient (Wildman–Crippen LogP) is 3.74. The zero-order valence-electron chi connectivity index (χ0n) is 10.5. The highest BCUT2D eigenvalue weighted by Gasteiger charge is 2.23. The Labute approximate surface area is 129 Å². The van der Waals surface area contributed by atoms with Gasteiger partial charge < -0.3 is 11.1 Å². The van der Waals surface area contributed by atoms with Crippen molar-refractivity contribution in [1.29, 1.82) is 0 Å². The molecule has 2 rings (SSSR count). The van der Waals surface area contributed by atoms with Gasteiger partial charge in [-0.05, 0) is 30.3 Å². The molecule has 0 atom stereocenters. The number of nitrogens with one attached hydrogen (secondary N) is 1. The minimum Gasteiger partial charge on any atom is -0.393 e. The van der Waals surface area contributed by atoms with Gasteiger partial charge in [-0.25, -0.2) is 0 Å². The van der Waals surface area contributed by atoms with Gasteiger partial charge in [-0.3, -0.25) is 14.9 Å². The molecule has 108 valence electrons. The molecule has 0 bridgehead atoms. The maximum Gasteiger partial charge on any atom is 0.304 e. The van der Waals surface area contributed by atoms with Crippen molar-refractivity contribution in [1.82, 2.24) is 0 Å². The molecule has 0 aliphatic heterocycles. The lowest BCUT2D eigenvalue weighted by Gasteiger charge is -2.09. The van der Waals surface area contributed by atoms with E-state index in [4.69, 9.17) is 28.9 Å². The molecule has 2 aromatic carbocycles. The van der Waals surface area contributed by atoms with Gasteiger partial charge in [-0.2, -0.15) is 0 Å². The second-order valence-corrected chi connectivity index (χ2v) is 4.92. The van der Waals surface area contributed by atoms with Gasteiger partial charge in [0.2, 0.25) is 0 Å². The zero-order valence-corrected chi connectivity index (χ0v) is 12.0. The lowest BCUT2D eigenvalue weighted by atomic mass is 10.1. The maximum absolute atomic E-state index is 12.2. The third kappa shape index (κ3) is 3.24. The van der Waals surface area contributed by atoms with Crippen LogP contribution in [0, 0.1) is 10.1 Å². The number of carbonyl (C=O) groups excluding carboxylic acids is 1. The highest BCUT2D eigenvalue weighted by atomic mass is 35.5. The summed E-state index contributed by atoms with van der Waals surface area (Å²) in [5.41, 5.74) is 5.09. The van der Waals surface area contributed by atoms with Crippen LogP contribution in [0.2, 0.25) is 10.0 Å². The summed E-state index contributed by atoms with van der Waals surface area (Å²) in [7, 11) is 0. The van der Waals surface area contributed by atoms with Gasteiger partial charge in [0.05, 0.1) is 15.6 Å². The molecule has 8 heteroatoms. The van der Waals surface area contributed by atoms with Crippen molar-refractivity contribution in [3.05, 3.63) is 62.1 Å². The third-order valence-electron chi connectivity index (χ3n) is 2.67. The molecule has 0 spiro atoms. The van der Waals surface area contributed by atoms with Crippen LogP contribution in [0.1, 0.15) is 10.4 Å². The quantitative estimate of drug-likeness (QED) is 0.510. The Hall–Kier alpha value is -2.31. The number of nitrogens with zero attached hydrogens (tertiary/aromatic N) is 1. The van der Waals surface area contributed by atoms with Crippen molar-refractivity contribution < 1.29 is 9.72 Å². The number of nitrogen functional groups attached to an aromatic ring is 1. The molecular formula is C13H9Cl2N3O3. The first-order chi connectivity index (χ1) is 9.90. The Bertz CT molecular complexity index is 735. The number of nitrogens with two attached hydrogens (primary N) is 1. The lowest BCUT2D eigenvalue weighted by Crippen LogP contribution is -2.15. The third-order valence-corrected chi connectivity index (χ3v) is 3.24. The van der Waals surface area contributed by atoms with E-state index in [1.165, 1.54) is 30.3 Å². The van der Waals surface area contributed by atoms with Crippen LogP contribution in [0.4, 0.5) is 17.1 Å². The Kier molecular flexibility index (Phi) is 4.30. The second-order valence-electron chi connectivity index (χ2n) is 4.08.